The Kier molecular flexibility index (Phi) is 5.36. The number of aryl methyl sites for hydroxylation is 1. The van der Waals surface area contributed by atoms with Crippen molar-refractivity contribution in [2.75, 3.05) is 19.6 Å². The lowest BCUT2D eigenvalue weighted by Crippen LogP contribution is -2.38. The first kappa shape index (κ1) is 19.6. The van der Waals surface area contributed by atoms with Gasteiger partial charge in [-0.2, -0.15) is 5.10 Å². The fourth-order valence-electron chi connectivity index (χ4n) is 3.82. The molecule has 0 unspecified atom stereocenters. The molecule has 152 valence electrons. The molecule has 29 heavy (non-hydrogen) atoms. The van der Waals surface area contributed by atoms with Crippen LogP contribution >= 0.6 is 11.3 Å². The van der Waals surface area contributed by atoms with Gasteiger partial charge in [0.2, 0.25) is 11.8 Å². The number of amides is 2. The first-order valence-electron chi connectivity index (χ1n) is 9.93. The summed E-state index contributed by atoms with van der Waals surface area (Å²) in [6.07, 6.45) is 2.23. The second kappa shape index (κ2) is 7.94. The van der Waals surface area contributed by atoms with Gasteiger partial charge in [0.15, 0.2) is 0 Å². The molecule has 4 rings (SSSR count). The van der Waals surface area contributed by atoms with Crippen LogP contribution in [0.25, 0.3) is 20.2 Å². The minimum absolute atomic E-state index is 0.187. The highest BCUT2D eigenvalue weighted by molar-refractivity contribution is 7.26. The summed E-state index contributed by atoms with van der Waals surface area (Å²) in [7, 11) is 0. The number of nitrogens with one attached hydrogen (secondary N) is 1. The normalized spacial score (nSPS) is 15.4. The highest BCUT2D eigenvalue weighted by atomic mass is 32.1. The minimum Gasteiger partial charge on any atom is -0.354 e. The zero-order valence-electron chi connectivity index (χ0n) is 16.6. The van der Waals surface area contributed by atoms with Gasteiger partial charge in [-0.15, -0.1) is 11.3 Å². The maximum atomic E-state index is 13.1. The topological polar surface area (TPSA) is 84.3 Å². The summed E-state index contributed by atoms with van der Waals surface area (Å²) in [5, 5.41) is 8.82. The summed E-state index contributed by atoms with van der Waals surface area (Å²) in [6, 6.07) is 7.08. The zero-order valence-corrected chi connectivity index (χ0v) is 17.4. The monoisotopic (exact) mass is 412 g/mol. The Bertz CT molecular complexity index is 1150. The lowest BCUT2D eigenvalue weighted by Gasteiger charge is -2.17. The molecule has 1 aliphatic heterocycles. The number of likely N-dealkylation sites (tertiary alicyclic amines) is 1. The fourth-order valence-corrected chi connectivity index (χ4v) is 4.96. The van der Waals surface area contributed by atoms with E-state index < -0.39 is 6.04 Å². The summed E-state index contributed by atoms with van der Waals surface area (Å²) in [5.74, 6) is -0.0575. The van der Waals surface area contributed by atoms with Crippen LogP contribution in [-0.2, 0) is 9.59 Å². The standard InChI is InChI=1S/C21H24N4O3S/c1-13-19-18(15-7-3-4-8-16(15)29-19)21(28)25(23-13)14(2)20(27)22-10-6-12-24-11-5-9-17(24)26/h3-4,7-8,14H,5-6,9-12H2,1-2H3,(H,22,27)/t14-/m0/s1. The van der Waals surface area contributed by atoms with Gasteiger partial charge in [-0.25, -0.2) is 4.68 Å². The van der Waals surface area contributed by atoms with Crippen LogP contribution in [0.4, 0.5) is 0 Å². The number of hydrogen-bond donors (Lipinski definition) is 1. The van der Waals surface area contributed by atoms with Gasteiger partial charge in [0.1, 0.15) is 6.04 Å². The molecule has 0 spiro atoms. The first-order chi connectivity index (χ1) is 14.0. The molecule has 1 atom stereocenters. The number of hydrogen-bond acceptors (Lipinski definition) is 5. The average Bonchev–Trinajstić information content (AvgIpc) is 3.31. The van der Waals surface area contributed by atoms with Crippen LogP contribution in [0.2, 0.25) is 0 Å². The van der Waals surface area contributed by atoms with Crippen molar-refractivity contribution in [3.8, 4) is 0 Å². The quantitative estimate of drug-likeness (QED) is 0.631. The van der Waals surface area contributed by atoms with E-state index in [1.807, 2.05) is 36.1 Å². The summed E-state index contributed by atoms with van der Waals surface area (Å²) in [6.45, 7) is 5.47. The van der Waals surface area contributed by atoms with Crippen LogP contribution in [-0.4, -0.2) is 46.1 Å². The van der Waals surface area contributed by atoms with Gasteiger partial charge < -0.3 is 10.2 Å². The molecule has 0 radical (unpaired) electrons. The number of thiophene rings is 1. The number of fused-ring (bicyclic) bond motifs is 3. The van der Waals surface area contributed by atoms with Crippen LogP contribution in [0.5, 0.6) is 0 Å². The van der Waals surface area contributed by atoms with Gasteiger partial charge in [-0.1, -0.05) is 18.2 Å². The van der Waals surface area contributed by atoms with Crippen LogP contribution < -0.4 is 10.9 Å². The van der Waals surface area contributed by atoms with E-state index in [2.05, 4.69) is 10.4 Å². The molecule has 0 bridgehead atoms. The Labute approximate surface area is 172 Å². The molecule has 1 aliphatic rings. The third-order valence-corrected chi connectivity index (χ3v) is 6.71. The molecule has 1 saturated heterocycles. The van der Waals surface area contributed by atoms with Crippen molar-refractivity contribution in [1.82, 2.24) is 20.0 Å². The molecule has 8 heteroatoms. The lowest BCUT2D eigenvalue weighted by molar-refractivity contribution is -0.127. The Hall–Kier alpha value is -2.74. The number of benzene rings is 1. The Morgan fingerprint density at radius 3 is 2.86 bits per heavy atom. The molecule has 3 aromatic rings. The van der Waals surface area contributed by atoms with Crippen molar-refractivity contribution in [3.05, 3.63) is 40.3 Å². The van der Waals surface area contributed by atoms with Crippen molar-refractivity contribution in [1.29, 1.82) is 0 Å². The zero-order chi connectivity index (χ0) is 20.5. The molecule has 2 amide bonds. The molecule has 7 nitrogen and oxygen atoms in total. The number of aromatic nitrogens is 2. The van der Waals surface area contributed by atoms with E-state index in [-0.39, 0.29) is 17.4 Å². The van der Waals surface area contributed by atoms with Gasteiger partial charge in [0.05, 0.1) is 15.8 Å². The van der Waals surface area contributed by atoms with Crippen molar-refractivity contribution in [3.63, 3.8) is 0 Å². The van der Waals surface area contributed by atoms with Crippen molar-refractivity contribution < 1.29 is 9.59 Å². The third-order valence-electron chi connectivity index (χ3n) is 5.43. The summed E-state index contributed by atoms with van der Waals surface area (Å²) in [4.78, 5) is 39.2. The second-order valence-corrected chi connectivity index (χ2v) is 8.49. The number of carbonyl (C=O) groups is 2. The van der Waals surface area contributed by atoms with E-state index in [4.69, 9.17) is 0 Å². The van der Waals surface area contributed by atoms with Gasteiger partial charge in [-0.3, -0.25) is 14.4 Å². The number of carbonyl (C=O) groups excluding carboxylic acids is 2. The third kappa shape index (κ3) is 3.64. The summed E-state index contributed by atoms with van der Waals surface area (Å²) < 4.78 is 3.20. The smallest absolute Gasteiger partial charge is 0.276 e. The Morgan fingerprint density at radius 2 is 2.10 bits per heavy atom. The summed E-state index contributed by atoms with van der Waals surface area (Å²) in [5.41, 5.74) is 0.501. The molecule has 2 aromatic heterocycles. The van der Waals surface area contributed by atoms with E-state index in [0.29, 0.717) is 31.3 Å². The highest BCUT2D eigenvalue weighted by Crippen LogP contribution is 2.32. The maximum Gasteiger partial charge on any atom is 0.276 e. The Balaban J connectivity index is 1.50. The molecule has 3 heterocycles. The number of nitrogens with zero attached hydrogens (tertiary/aromatic N) is 3. The molecular weight excluding hydrogens is 388 g/mol. The van der Waals surface area contributed by atoms with E-state index in [1.54, 1.807) is 18.3 Å². The largest absolute Gasteiger partial charge is 0.354 e. The second-order valence-electron chi connectivity index (χ2n) is 7.44. The van der Waals surface area contributed by atoms with Gasteiger partial charge in [0.25, 0.3) is 5.56 Å². The van der Waals surface area contributed by atoms with Crippen LogP contribution in [0.1, 0.15) is 37.9 Å². The van der Waals surface area contributed by atoms with Gasteiger partial charge in [0, 0.05) is 36.1 Å². The minimum atomic E-state index is -0.710. The van der Waals surface area contributed by atoms with E-state index in [9.17, 15) is 14.4 Å². The highest BCUT2D eigenvalue weighted by Gasteiger charge is 2.22. The fraction of sp³-hybridized carbons (Fsp3) is 0.429. The lowest BCUT2D eigenvalue weighted by atomic mass is 10.2. The maximum absolute atomic E-state index is 13.1. The molecule has 0 aliphatic carbocycles. The van der Waals surface area contributed by atoms with Crippen molar-refractivity contribution in [2.24, 2.45) is 0 Å². The summed E-state index contributed by atoms with van der Waals surface area (Å²) >= 11 is 1.55. The van der Waals surface area contributed by atoms with Crippen LogP contribution in [0.15, 0.2) is 29.1 Å². The van der Waals surface area contributed by atoms with E-state index in [1.165, 1.54) is 4.68 Å². The molecule has 1 aromatic carbocycles. The van der Waals surface area contributed by atoms with E-state index in [0.717, 1.165) is 33.4 Å². The average molecular weight is 413 g/mol. The molecule has 1 N–H and O–H groups in total. The van der Waals surface area contributed by atoms with Crippen LogP contribution in [0.3, 0.4) is 0 Å². The first-order valence-corrected chi connectivity index (χ1v) is 10.7. The molecular formula is C21H24N4O3S. The van der Waals surface area contributed by atoms with Gasteiger partial charge >= 0.3 is 0 Å². The molecule has 1 fully saturated rings. The SMILES string of the molecule is Cc1nn([C@@H](C)C(=O)NCCCN2CCCC2=O)c(=O)c2c1sc1ccccc12. The predicted octanol–water partition coefficient (Wildman–Crippen LogP) is 2.61. The van der Waals surface area contributed by atoms with E-state index >= 15 is 0 Å². The predicted molar refractivity (Wildman–Crippen MR) is 114 cm³/mol. The van der Waals surface area contributed by atoms with Crippen LogP contribution in [0, 0.1) is 6.92 Å². The van der Waals surface area contributed by atoms with Crippen molar-refractivity contribution >= 4 is 43.3 Å². The van der Waals surface area contributed by atoms with Crippen molar-refractivity contribution in [2.45, 2.75) is 39.2 Å². The number of rotatable bonds is 6. The van der Waals surface area contributed by atoms with Gasteiger partial charge in [-0.05, 0) is 32.8 Å². The molecule has 0 saturated carbocycles. The Morgan fingerprint density at radius 1 is 1.31 bits per heavy atom.